The molecule has 6 aromatic rings. The van der Waals surface area contributed by atoms with Crippen molar-refractivity contribution in [3.63, 3.8) is 0 Å². The third kappa shape index (κ3) is 6.36. The van der Waals surface area contributed by atoms with Crippen molar-refractivity contribution in [2.45, 2.75) is 53.6 Å². The number of rotatable bonds is 8. The van der Waals surface area contributed by atoms with E-state index < -0.39 is 6.04 Å². The Morgan fingerprint density at radius 2 is 1.33 bits per heavy atom. The van der Waals surface area contributed by atoms with Gasteiger partial charge in [-0.25, -0.2) is 0 Å². The van der Waals surface area contributed by atoms with Crippen molar-refractivity contribution in [3.05, 3.63) is 125 Å². The van der Waals surface area contributed by atoms with Crippen molar-refractivity contribution in [3.8, 4) is 10.0 Å². The quantitative estimate of drug-likeness (QED) is 0.159. The summed E-state index contributed by atoms with van der Waals surface area (Å²) in [5, 5.41) is 26.5. The maximum Gasteiger partial charge on any atom is 0.261 e. The molecule has 0 unspecified atom stereocenters. The summed E-state index contributed by atoms with van der Waals surface area (Å²) in [5.41, 5.74) is 7.10. The lowest BCUT2D eigenvalue weighted by Crippen LogP contribution is -2.35. The first-order valence-electron chi connectivity index (χ1n) is 17.3. The number of hydrogen-bond donors (Lipinski definition) is 2. The van der Waals surface area contributed by atoms with E-state index in [2.05, 4.69) is 44.9 Å². The fourth-order valence-electron chi connectivity index (χ4n) is 6.83. The first-order chi connectivity index (χ1) is 26.0. The number of benzene rings is 2. The minimum Gasteiger partial charge on any atom is -0.354 e. The number of carbonyl (C=O) groups is 2. The van der Waals surface area contributed by atoms with Gasteiger partial charge in [0, 0.05) is 50.3 Å². The Bertz CT molecular complexity index is 2530. The van der Waals surface area contributed by atoms with E-state index in [4.69, 9.17) is 33.2 Å². The van der Waals surface area contributed by atoms with Gasteiger partial charge in [0.25, 0.3) is 5.91 Å². The van der Waals surface area contributed by atoms with Crippen molar-refractivity contribution in [2.24, 2.45) is 9.98 Å². The van der Waals surface area contributed by atoms with Crippen molar-refractivity contribution < 1.29 is 9.59 Å². The number of thiophene rings is 2. The van der Waals surface area contributed by atoms with Crippen LogP contribution in [-0.2, 0) is 11.3 Å². The summed E-state index contributed by atoms with van der Waals surface area (Å²) in [5.74, 6) is 2.25. The van der Waals surface area contributed by atoms with Crippen LogP contribution in [0.4, 0.5) is 0 Å². The average Bonchev–Trinajstić information content (AvgIpc) is 3.84. The second-order valence-electron chi connectivity index (χ2n) is 13.1. The van der Waals surface area contributed by atoms with E-state index in [9.17, 15) is 9.59 Å². The molecule has 16 heteroatoms. The Kier molecular flexibility index (Phi) is 9.54. The van der Waals surface area contributed by atoms with Gasteiger partial charge in [-0.1, -0.05) is 47.5 Å². The fourth-order valence-corrected chi connectivity index (χ4v) is 9.59. The number of aryl methyl sites for hydroxylation is 3. The molecule has 0 fully saturated rings. The van der Waals surface area contributed by atoms with Crippen molar-refractivity contribution in [1.29, 1.82) is 0 Å². The molecule has 0 bridgehead atoms. The van der Waals surface area contributed by atoms with Crippen LogP contribution < -0.4 is 10.6 Å². The third-order valence-corrected chi connectivity index (χ3v) is 12.6. The standard InChI is InChI=1S/C38H34Cl2N10O2S2/c1-18-20(3)53-38-30(18)33(24-8-12-26(40)13-9-24)44-27(35-48-46-22(5)50(35)38)16-29(51)41-14-15-42-36(52)34-19(2)31-32(23-6-10-25(39)11-7-23)43-17-28-47-45-21(4)49(28)37(31)54-34/h6-13,27H,14-17H2,1-5H3,(H,41,51)(H,42,52)/t27-/m0/s1. The van der Waals surface area contributed by atoms with E-state index in [1.807, 2.05) is 78.4 Å². The second-order valence-corrected chi connectivity index (χ2v) is 16.2. The molecule has 2 N–H and O–H groups in total. The minimum atomic E-state index is -0.600. The Morgan fingerprint density at radius 1 is 0.741 bits per heavy atom. The number of carbonyl (C=O) groups excluding carboxylic acids is 2. The van der Waals surface area contributed by atoms with Crippen LogP contribution in [0, 0.1) is 34.6 Å². The summed E-state index contributed by atoms with van der Waals surface area (Å²) < 4.78 is 3.98. The summed E-state index contributed by atoms with van der Waals surface area (Å²) in [4.78, 5) is 39.0. The smallest absolute Gasteiger partial charge is 0.261 e. The first-order valence-corrected chi connectivity index (χ1v) is 19.7. The number of nitrogens with zero attached hydrogens (tertiary/aromatic N) is 8. The number of hydrogen-bond acceptors (Lipinski definition) is 10. The molecule has 0 aliphatic carbocycles. The molecule has 0 saturated heterocycles. The lowest BCUT2D eigenvalue weighted by atomic mass is 9.99. The van der Waals surface area contributed by atoms with Crippen LogP contribution in [0.3, 0.4) is 0 Å². The highest BCUT2D eigenvalue weighted by molar-refractivity contribution is 7.17. The Morgan fingerprint density at radius 3 is 2.04 bits per heavy atom. The third-order valence-electron chi connectivity index (χ3n) is 9.63. The number of amides is 2. The highest BCUT2D eigenvalue weighted by Crippen LogP contribution is 2.40. The number of nitrogens with one attached hydrogen (secondary N) is 2. The van der Waals surface area contributed by atoms with Gasteiger partial charge in [-0.2, -0.15) is 0 Å². The molecule has 2 amide bonds. The number of aliphatic imine (C=N–C) groups is 2. The molecular weight excluding hydrogens is 764 g/mol. The van der Waals surface area contributed by atoms with E-state index in [1.54, 1.807) is 11.3 Å². The topological polar surface area (TPSA) is 144 Å². The summed E-state index contributed by atoms with van der Waals surface area (Å²) in [6, 6.07) is 14.5. The van der Waals surface area contributed by atoms with Crippen molar-refractivity contribution in [2.75, 3.05) is 13.1 Å². The zero-order valence-corrected chi connectivity index (χ0v) is 33.1. The number of aromatic nitrogens is 6. The number of halogens is 2. The maximum atomic E-state index is 13.7. The van der Waals surface area contributed by atoms with Crippen LogP contribution in [0.5, 0.6) is 0 Å². The van der Waals surface area contributed by atoms with Gasteiger partial charge in [0.05, 0.1) is 22.7 Å². The minimum absolute atomic E-state index is 0.0420. The van der Waals surface area contributed by atoms with Gasteiger partial charge in [0.1, 0.15) is 34.2 Å². The molecule has 0 radical (unpaired) electrons. The molecule has 8 rings (SSSR count). The van der Waals surface area contributed by atoms with Crippen LogP contribution in [0.25, 0.3) is 10.0 Å². The SMILES string of the molecule is Cc1sc2c(c1C)C(c1ccc(Cl)cc1)=N[C@@H](CC(=O)NCCNC(=O)c1sc3c(c1C)C(c1ccc(Cl)cc1)=NCc1nnc(C)n1-3)c1nnc(C)n1-2. The lowest BCUT2D eigenvalue weighted by molar-refractivity contribution is -0.121. The van der Waals surface area contributed by atoms with Crippen LogP contribution in [0.1, 0.15) is 83.7 Å². The predicted octanol–water partition coefficient (Wildman–Crippen LogP) is 7.00. The molecular formula is C38H34Cl2N10O2S2. The van der Waals surface area contributed by atoms with Gasteiger partial charge in [0.2, 0.25) is 5.91 Å². The van der Waals surface area contributed by atoms with Gasteiger partial charge < -0.3 is 10.6 Å². The molecule has 54 heavy (non-hydrogen) atoms. The summed E-state index contributed by atoms with van der Waals surface area (Å²) >= 11 is 15.5. The fraction of sp³-hybridized carbons (Fsp3) is 0.263. The van der Waals surface area contributed by atoms with Gasteiger partial charge in [-0.3, -0.25) is 28.7 Å². The molecule has 2 aromatic carbocycles. The van der Waals surface area contributed by atoms with E-state index in [0.717, 1.165) is 60.6 Å². The van der Waals surface area contributed by atoms with Crippen LogP contribution in [0.15, 0.2) is 58.5 Å². The van der Waals surface area contributed by atoms with E-state index in [-0.39, 0.29) is 31.3 Å². The van der Waals surface area contributed by atoms with E-state index in [1.165, 1.54) is 16.2 Å². The van der Waals surface area contributed by atoms with Gasteiger partial charge in [-0.15, -0.1) is 43.1 Å². The van der Waals surface area contributed by atoms with Crippen LogP contribution >= 0.6 is 45.9 Å². The molecule has 0 saturated carbocycles. The predicted molar refractivity (Wildman–Crippen MR) is 213 cm³/mol. The molecule has 2 aliphatic heterocycles. The van der Waals surface area contributed by atoms with E-state index in [0.29, 0.717) is 38.9 Å². The maximum absolute atomic E-state index is 13.7. The molecule has 274 valence electrons. The van der Waals surface area contributed by atoms with Gasteiger partial charge in [-0.05, 0) is 70.0 Å². The molecule has 4 aromatic heterocycles. The normalized spacial score (nSPS) is 14.5. The van der Waals surface area contributed by atoms with Gasteiger partial charge >= 0.3 is 0 Å². The zero-order valence-electron chi connectivity index (χ0n) is 30.0. The Labute approximate surface area is 329 Å². The van der Waals surface area contributed by atoms with Crippen molar-refractivity contribution in [1.82, 2.24) is 40.2 Å². The monoisotopic (exact) mass is 796 g/mol. The molecule has 1 atom stereocenters. The second kappa shape index (κ2) is 14.3. The Hall–Kier alpha value is -5.02. The zero-order chi connectivity index (χ0) is 37.8. The van der Waals surface area contributed by atoms with Crippen molar-refractivity contribution >= 4 is 69.1 Å². The molecule has 0 spiro atoms. The number of fused-ring (bicyclic) bond motifs is 6. The van der Waals surface area contributed by atoms with Gasteiger partial charge in [0.15, 0.2) is 11.6 Å². The average molecular weight is 798 g/mol. The molecule has 6 heterocycles. The summed E-state index contributed by atoms with van der Waals surface area (Å²) in [7, 11) is 0. The largest absolute Gasteiger partial charge is 0.354 e. The Balaban J connectivity index is 0.999. The first kappa shape index (κ1) is 36.0. The van der Waals surface area contributed by atoms with Crippen LogP contribution in [-0.4, -0.2) is 65.9 Å². The molecule has 12 nitrogen and oxygen atoms in total. The highest BCUT2D eigenvalue weighted by Gasteiger charge is 2.33. The lowest BCUT2D eigenvalue weighted by Gasteiger charge is -2.13. The summed E-state index contributed by atoms with van der Waals surface area (Å²) in [6.07, 6.45) is 0.0420. The highest BCUT2D eigenvalue weighted by atomic mass is 35.5. The summed E-state index contributed by atoms with van der Waals surface area (Å²) in [6.45, 7) is 10.7. The van der Waals surface area contributed by atoms with E-state index >= 15 is 0 Å². The van der Waals surface area contributed by atoms with Crippen LogP contribution in [0.2, 0.25) is 10.0 Å². The molecule has 2 aliphatic rings.